The average molecular weight is 383 g/mol. The van der Waals surface area contributed by atoms with Crippen molar-refractivity contribution in [1.29, 1.82) is 0 Å². The first-order valence-corrected chi connectivity index (χ1v) is 11.0. The van der Waals surface area contributed by atoms with Crippen molar-refractivity contribution in [2.75, 3.05) is 12.3 Å². The van der Waals surface area contributed by atoms with Gasteiger partial charge in [-0.25, -0.2) is 21.2 Å². The first kappa shape index (κ1) is 18.0. The normalized spacial score (nSPS) is 19.2. The Morgan fingerprint density at radius 2 is 1.60 bits per heavy atom. The maximum absolute atomic E-state index is 13.9. The van der Waals surface area contributed by atoms with Crippen LogP contribution in [0.5, 0.6) is 0 Å². The van der Waals surface area contributed by atoms with E-state index in [-0.39, 0.29) is 17.2 Å². The number of sulfone groups is 1. The summed E-state index contributed by atoms with van der Waals surface area (Å²) in [5.74, 6) is -1.15. The maximum Gasteiger partial charge on any atom is 0.246 e. The Morgan fingerprint density at radius 3 is 2.28 bits per heavy atom. The van der Waals surface area contributed by atoms with Gasteiger partial charge < -0.3 is 0 Å². The molecule has 0 amide bonds. The van der Waals surface area contributed by atoms with Gasteiger partial charge in [-0.3, -0.25) is 0 Å². The molecule has 0 aromatic heterocycles. The summed E-state index contributed by atoms with van der Waals surface area (Å²) in [6, 6.07) is 12.4. The molecular formula is C17H18FNO4S2. The quantitative estimate of drug-likeness (QED) is 0.795. The van der Waals surface area contributed by atoms with Crippen LogP contribution in [-0.4, -0.2) is 39.5 Å². The van der Waals surface area contributed by atoms with E-state index in [4.69, 9.17) is 0 Å². The third kappa shape index (κ3) is 3.61. The third-order valence-corrected chi connectivity index (χ3v) is 8.06. The minimum atomic E-state index is -4.08. The molecule has 8 heteroatoms. The van der Waals surface area contributed by atoms with Gasteiger partial charge in [0.1, 0.15) is 10.7 Å². The fraction of sp³-hybridized carbons (Fsp3) is 0.294. The van der Waals surface area contributed by atoms with E-state index in [1.54, 1.807) is 18.2 Å². The Hall–Kier alpha value is -1.77. The van der Waals surface area contributed by atoms with Crippen LogP contribution in [0.2, 0.25) is 0 Å². The molecule has 1 atom stereocenters. The molecule has 2 aromatic rings. The van der Waals surface area contributed by atoms with E-state index in [1.807, 2.05) is 0 Å². The van der Waals surface area contributed by atoms with Gasteiger partial charge in [-0.1, -0.05) is 30.3 Å². The molecular weight excluding hydrogens is 365 g/mol. The van der Waals surface area contributed by atoms with E-state index in [2.05, 4.69) is 0 Å². The highest BCUT2D eigenvalue weighted by Crippen LogP contribution is 2.29. The van der Waals surface area contributed by atoms with Gasteiger partial charge in [-0.2, -0.15) is 4.31 Å². The summed E-state index contributed by atoms with van der Waals surface area (Å²) in [7, 11) is -7.71. The molecule has 2 aromatic carbocycles. The van der Waals surface area contributed by atoms with Crippen LogP contribution in [0.25, 0.3) is 0 Å². The fourth-order valence-electron chi connectivity index (χ4n) is 3.05. The number of nitrogens with zero attached hydrogens (tertiary/aromatic N) is 1. The van der Waals surface area contributed by atoms with Gasteiger partial charge in [0.2, 0.25) is 10.0 Å². The Balaban J connectivity index is 1.90. The second kappa shape index (κ2) is 6.86. The summed E-state index contributed by atoms with van der Waals surface area (Å²) in [6.45, 7) is 0.186. The van der Waals surface area contributed by atoms with Crippen LogP contribution in [0.4, 0.5) is 4.39 Å². The van der Waals surface area contributed by atoms with Crippen LogP contribution < -0.4 is 0 Å². The molecule has 1 aliphatic rings. The summed E-state index contributed by atoms with van der Waals surface area (Å²) < 4.78 is 65.8. The standard InChI is InChI=1S/C17H18FNO4S2/c18-16-10-4-5-11-17(16)25(22,23)19-12-6-7-14(19)13-24(20,21)15-8-2-1-3-9-15/h1-5,8-11,14H,6-7,12-13H2/t14-/m1/s1. The van der Waals surface area contributed by atoms with E-state index in [1.165, 1.54) is 30.3 Å². The fourth-order valence-corrected chi connectivity index (χ4v) is 6.52. The molecule has 1 aliphatic heterocycles. The summed E-state index contributed by atoms with van der Waals surface area (Å²) in [5, 5.41) is 0. The maximum atomic E-state index is 13.9. The van der Waals surface area contributed by atoms with E-state index >= 15 is 0 Å². The zero-order valence-corrected chi connectivity index (χ0v) is 15.0. The molecule has 134 valence electrons. The average Bonchev–Trinajstić information content (AvgIpc) is 3.04. The minimum absolute atomic E-state index is 0.158. The monoisotopic (exact) mass is 383 g/mol. The SMILES string of the molecule is O=S(=O)(C[C@H]1CCCN1S(=O)(=O)c1ccccc1F)c1ccccc1. The summed E-state index contributed by atoms with van der Waals surface area (Å²) >= 11 is 0. The number of hydrogen-bond donors (Lipinski definition) is 0. The van der Waals surface area contributed by atoms with Crippen molar-refractivity contribution in [3.05, 3.63) is 60.4 Å². The number of benzene rings is 2. The Bertz CT molecular complexity index is 959. The molecule has 3 rings (SSSR count). The molecule has 0 spiro atoms. The van der Waals surface area contributed by atoms with Gasteiger partial charge >= 0.3 is 0 Å². The lowest BCUT2D eigenvalue weighted by atomic mass is 10.3. The van der Waals surface area contributed by atoms with E-state index in [9.17, 15) is 21.2 Å². The molecule has 5 nitrogen and oxygen atoms in total. The van der Waals surface area contributed by atoms with Gasteiger partial charge in [0.15, 0.2) is 9.84 Å². The van der Waals surface area contributed by atoms with Crippen molar-refractivity contribution in [3.8, 4) is 0 Å². The van der Waals surface area contributed by atoms with Crippen molar-refractivity contribution >= 4 is 19.9 Å². The van der Waals surface area contributed by atoms with Crippen LogP contribution in [0.15, 0.2) is 64.4 Å². The third-order valence-electron chi connectivity index (χ3n) is 4.26. The van der Waals surface area contributed by atoms with Crippen molar-refractivity contribution in [3.63, 3.8) is 0 Å². The van der Waals surface area contributed by atoms with Gasteiger partial charge in [0.05, 0.1) is 10.6 Å². The molecule has 0 bridgehead atoms. The van der Waals surface area contributed by atoms with Gasteiger partial charge in [-0.15, -0.1) is 0 Å². The number of sulfonamides is 1. The molecule has 1 heterocycles. The molecule has 0 N–H and O–H groups in total. The van der Waals surface area contributed by atoms with Crippen molar-refractivity contribution < 1.29 is 21.2 Å². The van der Waals surface area contributed by atoms with E-state index in [0.717, 1.165) is 10.4 Å². The van der Waals surface area contributed by atoms with Gasteiger partial charge in [-0.05, 0) is 37.1 Å². The Labute approximate surface area is 147 Å². The zero-order chi connectivity index (χ0) is 18.1. The highest BCUT2D eigenvalue weighted by molar-refractivity contribution is 7.91. The van der Waals surface area contributed by atoms with Crippen molar-refractivity contribution in [2.45, 2.75) is 28.7 Å². The topological polar surface area (TPSA) is 71.5 Å². The van der Waals surface area contributed by atoms with Crippen LogP contribution in [-0.2, 0) is 19.9 Å². The summed E-state index contributed by atoms with van der Waals surface area (Å²) in [5.41, 5.74) is 0. The second-order valence-electron chi connectivity index (χ2n) is 5.94. The van der Waals surface area contributed by atoms with E-state index in [0.29, 0.717) is 12.8 Å². The van der Waals surface area contributed by atoms with E-state index < -0.39 is 36.6 Å². The molecule has 0 aliphatic carbocycles. The first-order chi connectivity index (χ1) is 11.8. The van der Waals surface area contributed by atoms with Gasteiger partial charge in [0.25, 0.3) is 0 Å². The van der Waals surface area contributed by atoms with Crippen molar-refractivity contribution in [1.82, 2.24) is 4.31 Å². The zero-order valence-electron chi connectivity index (χ0n) is 13.4. The van der Waals surface area contributed by atoms with Crippen LogP contribution in [0.1, 0.15) is 12.8 Å². The van der Waals surface area contributed by atoms with Gasteiger partial charge in [0, 0.05) is 12.6 Å². The predicted molar refractivity (Wildman–Crippen MR) is 91.8 cm³/mol. The molecule has 1 saturated heterocycles. The summed E-state index contributed by atoms with van der Waals surface area (Å²) in [4.78, 5) is -0.260. The molecule has 1 fully saturated rings. The van der Waals surface area contributed by atoms with Crippen LogP contribution in [0, 0.1) is 5.82 Å². The highest BCUT2D eigenvalue weighted by atomic mass is 32.2. The Morgan fingerprint density at radius 1 is 0.960 bits per heavy atom. The summed E-state index contributed by atoms with van der Waals surface area (Å²) in [6.07, 6.45) is 0.975. The number of halogens is 1. The molecule has 25 heavy (non-hydrogen) atoms. The molecule has 0 radical (unpaired) electrons. The minimum Gasteiger partial charge on any atom is -0.224 e. The van der Waals surface area contributed by atoms with Crippen molar-refractivity contribution in [2.24, 2.45) is 0 Å². The lowest BCUT2D eigenvalue weighted by Gasteiger charge is -2.24. The number of rotatable bonds is 5. The Kier molecular flexibility index (Phi) is 4.95. The van der Waals surface area contributed by atoms with Crippen LogP contribution in [0.3, 0.4) is 0 Å². The lowest BCUT2D eigenvalue weighted by Crippen LogP contribution is -2.39. The highest BCUT2D eigenvalue weighted by Gasteiger charge is 2.39. The number of hydrogen-bond acceptors (Lipinski definition) is 4. The molecule has 0 saturated carbocycles. The largest absolute Gasteiger partial charge is 0.246 e. The molecule has 0 unspecified atom stereocenters. The first-order valence-electron chi connectivity index (χ1n) is 7.86. The smallest absolute Gasteiger partial charge is 0.224 e. The predicted octanol–water partition coefficient (Wildman–Crippen LogP) is 2.45. The lowest BCUT2D eigenvalue weighted by molar-refractivity contribution is 0.404. The van der Waals surface area contributed by atoms with Crippen LogP contribution >= 0.6 is 0 Å². The second-order valence-corrected chi connectivity index (χ2v) is 9.83.